The fourth-order valence-corrected chi connectivity index (χ4v) is 7.14. The number of aryl methyl sites for hydroxylation is 1. The molecule has 2 fully saturated rings. The number of nitrogens with zero attached hydrogens (tertiary/aromatic N) is 1. The predicted molar refractivity (Wildman–Crippen MR) is 104 cm³/mol. The number of benzene rings is 2. The second kappa shape index (κ2) is 4.09. The van der Waals surface area contributed by atoms with Crippen molar-refractivity contribution in [2.24, 2.45) is 16.7 Å². The molecule has 1 heteroatoms. The van der Waals surface area contributed by atoms with E-state index in [1.807, 2.05) is 0 Å². The van der Waals surface area contributed by atoms with Crippen LogP contribution in [-0.2, 0) is 0 Å². The van der Waals surface area contributed by atoms with E-state index in [2.05, 4.69) is 64.2 Å². The molecular formula is C24H25N. The monoisotopic (exact) mass is 327 g/mol. The maximum Gasteiger partial charge on any atom is 0.0783 e. The van der Waals surface area contributed by atoms with Gasteiger partial charge >= 0.3 is 0 Å². The molecule has 5 unspecified atom stereocenters. The Morgan fingerprint density at radius 2 is 1.72 bits per heavy atom. The zero-order valence-electron chi connectivity index (χ0n) is 15.6. The normalized spacial score (nSPS) is 38.0. The van der Waals surface area contributed by atoms with E-state index in [-0.39, 0.29) is 0 Å². The van der Waals surface area contributed by atoms with E-state index < -0.39 is 0 Å². The predicted octanol–water partition coefficient (Wildman–Crippen LogP) is 6.33. The van der Waals surface area contributed by atoms with E-state index in [0.29, 0.717) is 16.7 Å². The number of fused-ring (bicyclic) bond motifs is 7. The molecule has 3 aliphatic rings. The molecule has 0 bridgehead atoms. The second-order valence-corrected chi connectivity index (χ2v) is 9.49. The van der Waals surface area contributed by atoms with Crippen LogP contribution in [0.3, 0.4) is 0 Å². The molecule has 0 saturated heterocycles. The van der Waals surface area contributed by atoms with Crippen molar-refractivity contribution >= 4 is 21.7 Å². The fraction of sp³-hybridized carbons (Fsp3) is 0.458. The summed E-state index contributed by atoms with van der Waals surface area (Å²) in [5, 5.41) is 4.07. The van der Waals surface area contributed by atoms with Gasteiger partial charge in [0.05, 0.1) is 5.52 Å². The Hall–Kier alpha value is -1.89. The molecule has 0 N–H and O–H groups in total. The fourth-order valence-electron chi connectivity index (χ4n) is 7.14. The van der Waals surface area contributed by atoms with E-state index in [1.165, 1.54) is 40.1 Å². The van der Waals surface area contributed by atoms with E-state index in [1.54, 1.807) is 11.1 Å². The summed E-state index contributed by atoms with van der Waals surface area (Å²) in [6.07, 6.45) is 4.94. The summed E-state index contributed by atoms with van der Waals surface area (Å²) >= 11 is 0. The first kappa shape index (κ1) is 14.3. The number of aromatic nitrogens is 1. The van der Waals surface area contributed by atoms with Crippen molar-refractivity contribution in [2.75, 3.05) is 0 Å². The molecule has 2 saturated carbocycles. The highest BCUT2D eigenvalue weighted by atomic mass is 14.8. The third kappa shape index (κ3) is 1.43. The molecule has 126 valence electrons. The maximum absolute atomic E-state index is 5.01. The van der Waals surface area contributed by atoms with E-state index in [0.717, 1.165) is 11.8 Å². The molecule has 0 aliphatic heterocycles. The van der Waals surface area contributed by atoms with Crippen LogP contribution in [0.5, 0.6) is 0 Å². The Balaban J connectivity index is 1.69. The number of hydrogen-bond acceptors (Lipinski definition) is 1. The maximum atomic E-state index is 5.01. The molecule has 5 atom stereocenters. The van der Waals surface area contributed by atoms with Gasteiger partial charge in [-0.1, -0.05) is 45.0 Å². The zero-order valence-corrected chi connectivity index (χ0v) is 15.6. The Kier molecular flexibility index (Phi) is 2.34. The highest BCUT2D eigenvalue weighted by Crippen LogP contribution is 2.87. The molecular weight excluding hydrogens is 302 g/mol. The molecule has 0 radical (unpaired) electrons. The summed E-state index contributed by atoms with van der Waals surface area (Å²) in [6, 6.07) is 11.2. The van der Waals surface area contributed by atoms with Crippen LogP contribution in [0.2, 0.25) is 0 Å². The Morgan fingerprint density at radius 3 is 2.52 bits per heavy atom. The molecule has 3 aliphatic carbocycles. The molecule has 25 heavy (non-hydrogen) atoms. The number of pyridine rings is 1. The SMILES string of the molecule is Cc1cc2c3c(cnc2c2ccccc12)C1CC2(C)C1C2(C)CC3C. The lowest BCUT2D eigenvalue weighted by molar-refractivity contribution is 0.252. The highest BCUT2D eigenvalue weighted by molar-refractivity contribution is 6.08. The molecule has 0 amide bonds. The Labute approximate surface area is 149 Å². The average Bonchev–Trinajstić information content (AvgIpc) is 2.97. The second-order valence-electron chi connectivity index (χ2n) is 9.49. The lowest BCUT2D eigenvalue weighted by Gasteiger charge is -2.36. The van der Waals surface area contributed by atoms with Crippen LogP contribution in [0, 0.1) is 23.7 Å². The lowest BCUT2D eigenvalue weighted by Crippen LogP contribution is -2.24. The first-order chi connectivity index (χ1) is 12.0. The molecule has 1 heterocycles. The van der Waals surface area contributed by atoms with Crippen molar-refractivity contribution in [1.29, 1.82) is 0 Å². The third-order valence-corrected chi connectivity index (χ3v) is 8.42. The van der Waals surface area contributed by atoms with Crippen molar-refractivity contribution in [1.82, 2.24) is 4.98 Å². The van der Waals surface area contributed by atoms with E-state index in [9.17, 15) is 0 Å². The van der Waals surface area contributed by atoms with Crippen molar-refractivity contribution in [3.8, 4) is 0 Å². The molecule has 3 aromatic rings. The molecule has 1 nitrogen and oxygen atoms in total. The van der Waals surface area contributed by atoms with E-state index >= 15 is 0 Å². The van der Waals surface area contributed by atoms with Crippen molar-refractivity contribution in [3.63, 3.8) is 0 Å². The van der Waals surface area contributed by atoms with Crippen LogP contribution in [0.15, 0.2) is 36.5 Å². The summed E-state index contributed by atoms with van der Waals surface area (Å²) in [6.45, 7) is 9.79. The van der Waals surface area contributed by atoms with Gasteiger partial charge in [0.1, 0.15) is 0 Å². The first-order valence-corrected chi connectivity index (χ1v) is 9.76. The summed E-state index contributed by atoms with van der Waals surface area (Å²) in [7, 11) is 0. The summed E-state index contributed by atoms with van der Waals surface area (Å²) in [5.74, 6) is 2.27. The van der Waals surface area contributed by atoms with E-state index in [4.69, 9.17) is 4.98 Å². The van der Waals surface area contributed by atoms with Gasteiger partial charge in [0.25, 0.3) is 0 Å². The van der Waals surface area contributed by atoms with Crippen LogP contribution in [0.1, 0.15) is 62.1 Å². The van der Waals surface area contributed by atoms with Crippen LogP contribution >= 0.6 is 0 Å². The van der Waals surface area contributed by atoms with Gasteiger partial charge in [0, 0.05) is 17.0 Å². The molecule has 2 aromatic carbocycles. The van der Waals surface area contributed by atoms with Crippen molar-refractivity contribution < 1.29 is 0 Å². The topological polar surface area (TPSA) is 12.9 Å². The minimum absolute atomic E-state index is 0.550. The first-order valence-electron chi connectivity index (χ1n) is 9.76. The van der Waals surface area contributed by atoms with Gasteiger partial charge in [0.15, 0.2) is 0 Å². The van der Waals surface area contributed by atoms with Gasteiger partial charge in [-0.2, -0.15) is 0 Å². The zero-order chi connectivity index (χ0) is 17.1. The van der Waals surface area contributed by atoms with Gasteiger partial charge in [-0.15, -0.1) is 0 Å². The van der Waals surface area contributed by atoms with Gasteiger partial charge in [-0.25, -0.2) is 0 Å². The number of rotatable bonds is 0. The Bertz CT molecular complexity index is 1080. The minimum atomic E-state index is 0.550. The van der Waals surface area contributed by atoms with Crippen LogP contribution in [0.25, 0.3) is 21.7 Å². The largest absolute Gasteiger partial charge is 0.255 e. The van der Waals surface area contributed by atoms with Crippen LogP contribution in [0.4, 0.5) is 0 Å². The van der Waals surface area contributed by atoms with Gasteiger partial charge < -0.3 is 0 Å². The van der Waals surface area contributed by atoms with Crippen LogP contribution in [-0.4, -0.2) is 4.98 Å². The van der Waals surface area contributed by atoms with Crippen molar-refractivity contribution in [2.45, 2.75) is 52.4 Å². The van der Waals surface area contributed by atoms with Crippen LogP contribution < -0.4 is 0 Å². The summed E-state index contributed by atoms with van der Waals surface area (Å²) in [4.78, 5) is 5.01. The quantitative estimate of drug-likeness (QED) is 0.439. The Morgan fingerprint density at radius 1 is 1.00 bits per heavy atom. The molecule has 6 rings (SSSR count). The average molecular weight is 327 g/mol. The van der Waals surface area contributed by atoms with Crippen molar-refractivity contribution in [3.05, 3.63) is 53.2 Å². The van der Waals surface area contributed by atoms with Gasteiger partial charge in [-0.3, -0.25) is 4.98 Å². The molecule has 0 spiro atoms. The lowest BCUT2D eigenvalue weighted by atomic mass is 9.69. The smallest absolute Gasteiger partial charge is 0.0783 e. The summed E-state index contributed by atoms with van der Waals surface area (Å²) < 4.78 is 0. The third-order valence-electron chi connectivity index (χ3n) is 8.42. The number of hydrogen-bond donors (Lipinski definition) is 0. The van der Waals surface area contributed by atoms with Gasteiger partial charge in [-0.05, 0) is 76.5 Å². The minimum Gasteiger partial charge on any atom is -0.255 e. The highest BCUT2D eigenvalue weighted by Gasteiger charge is 2.80. The molecule has 1 aromatic heterocycles. The summed E-state index contributed by atoms with van der Waals surface area (Å²) in [5.41, 5.74) is 6.92. The van der Waals surface area contributed by atoms with Gasteiger partial charge in [0.2, 0.25) is 0 Å². The standard InChI is InChI=1S/C24H25N/c1-13-9-17-20-14(2)10-23(3)22-18(11-24(22,23)4)19(20)12-25-21(17)16-8-6-5-7-15(13)16/h5-9,12,14,18,22H,10-11H2,1-4H3.